The van der Waals surface area contributed by atoms with Gasteiger partial charge in [0.1, 0.15) is 16.3 Å². The Morgan fingerprint density at radius 1 is 1.29 bits per heavy atom. The second kappa shape index (κ2) is 6.58. The van der Waals surface area contributed by atoms with Crippen molar-refractivity contribution in [3.63, 3.8) is 0 Å². The maximum atomic E-state index is 12.9. The zero-order chi connectivity index (χ0) is 15.6. The lowest BCUT2D eigenvalue weighted by Gasteiger charge is -2.21. The van der Waals surface area contributed by atoms with Crippen LogP contribution in [-0.2, 0) is 11.2 Å². The van der Waals surface area contributed by atoms with Gasteiger partial charge < -0.3 is 4.98 Å². The summed E-state index contributed by atoms with van der Waals surface area (Å²) in [7, 11) is 0. The van der Waals surface area contributed by atoms with E-state index in [9.17, 15) is 4.39 Å². The van der Waals surface area contributed by atoms with Crippen molar-refractivity contribution in [1.82, 2.24) is 9.97 Å². The molecule has 0 saturated carbocycles. The number of nitrogens with zero attached hydrogens (tertiary/aromatic N) is 1. The van der Waals surface area contributed by atoms with Crippen LogP contribution >= 0.6 is 39.9 Å². The van der Waals surface area contributed by atoms with Crippen LogP contribution in [0.3, 0.4) is 0 Å². The number of halogens is 2. The summed E-state index contributed by atoms with van der Waals surface area (Å²) in [6, 6.07) is 6.44. The Bertz CT molecular complexity index is 690. The summed E-state index contributed by atoms with van der Waals surface area (Å²) in [5, 5.41) is 0. The number of aromatic nitrogens is 2. The van der Waals surface area contributed by atoms with Crippen LogP contribution in [0.4, 0.5) is 4.39 Å². The number of thioether (sulfide) groups is 1. The van der Waals surface area contributed by atoms with E-state index in [0.29, 0.717) is 10.4 Å². The summed E-state index contributed by atoms with van der Waals surface area (Å²) in [6.45, 7) is 6.36. The van der Waals surface area contributed by atoms with Gasteiger partial charge in [-0.1, -0.05) is 33.0 Å². The molecule has 6 heteroatoms. The van der Waals surface area contributed by atoms with E-state index >= 15 is 0 Å². The maximum Gasteiger partial charge on any atom is 0.144 e. The molecule has 1 heterocycles. The van der Waals surface area contributed by atoms with Crippen LogP contribution in [0, 0.1) is 10.5 Å². The minimum Gasteiger partial charge on any atom is -0.345 e. The van der Waals surface area contributed by atoms with Crippen LogP contribution in [0.1, 0.15) is 32.3 Å². The molecule has 0 aliphatic heterocycles. The molecule has 0 atom stereocenters. The van der Waals surface area contributed by atoms with Crippen LogP contribution in [-0.4, -0.2) is 9.97 Å². The van der Waals surface area contributed by atoms with Crippen molar-refractivity contribution in [3.05, 3.63) is 50.7 Å². The van der Waals surface area contributed by atoms with Gasteiger partial charge in [-0.15, -0.1) is 11.8 Å². The average molecular weight is 387 g/mol. The van der Waals surface area contributed by atoms with Crippen molar-refractivity contribution >= 4 is 39.9 Å². The molecule has 0 aliphatic rings. The highest BCUT2D eigenvalue weighted by Crippen LogP contribution is 2.29. The highest BCUT2D eigenvalue weighted by atomic mass is 79.9. The second-order valence-electron chi connectivity index (χ2n) is 5.67. The van der Waals surface area contributed by atoms with Crippen LogP contribution < -0.4 is 0 Å². The predicted octanol–water partition coefficient (Wildman–Crippen LogP) is 5.63. The fraction of sp³-hybridized carbons (Fsp3) is 0.333. The molecule has 2 nitrogen and oxygen atoms in total. The fourth-order valence-electron chi connectivity index (χ4n) is 1.77. The number of hydrogen-bond acceptors (Lipinski definition) is 3. The lowest BCUT2D eigenvalue weighted by molar-refractivity contribution is 0.559. The molecule has 0 aliphatic carbocycles. The SMILES string of the molecule is CC(C)(C)c1[nH]c(CSc2ccc(F)cc2)nc(=S)c1Br. The van der Waals surface area contributed by atoms with Crippen LogP contribution in [0.2, 0.25) is 0 Å². The zero-order valence-electron chi connectivity index (χ0n) is 12.0. The first-order valence-electron chi connectivity index (χ1n) is 6.45. The van der Waals surface area contributed by atoms with Gasteiger partial charge in [0.05, 0.1) is 10.2 Å². The summed E-state index contributed by atoms with van der Waals surface area (Å²) >= 11 is 10.4. The molecule has 2 rings (SSSR count). The molecule has 0 fully saturated rings. The molecule has 0 unspecified atom stereocenters. The number of nitrogens with one attached hydrogen (secondary N) is 1. The molecule has 1 N–H and O–H groups in total. The lowest BCUT2D eigenvalue weighted by Crippen LogP contribution is -2.16. The standard InChI is InChI=1S/C15H16BrFN2S2/c1-15(2,3)13-12(16)14(20)19-11(18-13)8-21-10-6-4-9(17)5-7-10/h4-7H,8H2,1-3H3,(H,18,19,20). The van der Waals surface area contributed by atoms with Crippen LogP contribution in [0.25, 0.3) is 0 Å². The van der Waals surface area contributed by atoms with Gasteiger partial charge in [0.25, 0.3) is 0 Å². The Morgan fingerprint density at radius 3 is 2.48 bits per heavy atom. The first kappa shape index (κ1) is 16.6. The topological polar surface area (TPSA) is 28.7 Å². The van der Waals surface area contributed by atoms with E-state index in [-0.39, 0.29) is 11.2 Å². The Labute approximate surface area is 141 Å². The summed E-state index contributed by atoms with van der Waals surface area (Å²) in [5.41, 5.74) is 0.988. The molecule has 112 valence electrons. The number of rotatable bonds is 3. The van der Waals surface area contributed by atoms with Crippen molar-refractivity contribution in [2.45, 2.75) is 36.8 Å². The minimum atomic E-state index is -0.226. The smallest absolute Gasteiger partial charge is 0.144 e. The third kappa shape index (κ3) is 4.37. The van der Waals surface area contributed by atoms with Crippen LogP contribution in [0.5, 0.6) is 0 Å². The van der Waals surface area contributed by atoms with Gasteiger partial charge in [0, 0.05) is 16.0 Å². The normalized spacial score (nSPS) is 11.7. The van der Waals surface area contributed by atoms with Crippen molar-refractivity contribution in [2.75, 3.05) is 0 Å². The number of benzene rings is 1. The predicted molar refractivity (Wildman–Crippen MR) is 91.8 cm³/mol. The number of aromatic amines is 1. The van der Waals surface area contributed by atoms with Gasteiger partial charge in [0.15, 0.2) is 0 Å². The highest BCUT2D eigenvalue weighted by Gasteiger charge is 2.20. The Balaban J connectivity index is 2.23. The Hall–Kier alpha value is -0.720. The first-order valence-corrected chi connectivity index (χ1v) is 8.63. The van der Waals surface area contributed by atoms with Crippen LogP contribution in [0.15, 0.2) is 33.6 Å². The van der Waals surface area contributed by atoms with Gasteiger partial charge in [-0.2, -0.15) is 0 Å². The summed E-state index contributed by atoms with van der Waals surface area (Å²) in [4.78, 5) is 8.75. The lowest BCUT2D eigenvalue weighted by atomic mass is 9.92. The third-order valence-electron chi connectivity index (χ3n) is 2.85. The van der Waals surface area contributed by atoms with E-state index in [0.717, 1.165) is 20.9 Å². The van der Waals surface area contributed by atoms with Crippen molar-refractivity contribution < 1.29 is 4.39 Å². The molecular formula is C15H16BrFN2S2. The maximum absolute atomic E-state index is 12.9. The number of H-pyrrole nitrogens is 1. The monoisotopic (exact) mass is 386 g/mol. The number of hydrogen-bond donors (Lipinski definition) is 1. The molecule has 0 amide bonds. The average Bonchev–Trinajstić information content (AvgIpc) is 2.40. The van der Waals surface area contributed by atoms with E-state index in [1.165, 1.54) is 12.1 Å². The molecule has 1 aromatic carbocycles. The molecule has 0 spiro atoms. The Kier molecular flexibility index (Phi) is 5.22. The zero-order valence-corrected chi connectivity index (χ0v) is 15.3. The third-order valence-corrected chi connectivity index (χ3v) is 5.21. The van der Waals surface area contributed by atoms with Gasteiger partial charge in [0.2, 0.25) is 0 Å². The van der Waals surface area contributed by atoms with E-state index in [2.05, 4.69) is 46.7 Å². The Morgan fingerprint density at radius 2 is 1.90 bits per heavy atom. The van der Waals surface area contributed by atoms with E-state index in [1.807, 2.05) is 0 Å². The molecule has 2 aromatic rings. The summed E-state index contributed by atoms with van der Waals surface area (Å²) in [6.07, 6.45) is 0. The van der Waals surface area contributed by atoms with Crippen molar-refractivity contribution in [1.29, 1.82) is 0 Å². The first-order chi connectivity index (χ1) is 9.77. The molecule has 21 heavy (non-hydrogen) atoms. The molecule has 0 saturated heterocycles. The van der Waals surface area contributed by atoms with Gasteiger partial charge in [-0.05, 0) is 40.2 Å². The van der Waals surface area contributed by atoms with E-state index < -0.39 is 0 Å². The van der Waals surface area contributed by atoms with E-state index in [1.54, 1.807) is 23.9 Å². The van der Waals surface area contributed by atoms with E-state index in [4.69, 9.17) is 12.2 Å². The van der Waals surface area contributed by atoms with Gasteiger partial charge >= 0.3 is 0 Å². The second-order valence-corrected chi connectivity index (χ2v) is 7.90. The van der Waals surface area contributed by atoms with Crippen molar-refractivity contribution in [2.24, 2.45) is 0 Å². The summed E-state index contributed by atoms with van der Waals surface area (Å²) < 4.78 is 14.3. The van der Waals surface area contributed by atoms with Gasteiger partial charge in [-0.3, -0.25) is 0 Å². The van der Waals surface area contributed by atoms with Crippen molar-refractivity contribution in [3.8, 4) is 0 Å². The fourth-order valence-corrected chi connectivity index (χ4v) is 3.54. The molecule has 0 radical (unpaired) electrons. The molecule has 1 aromatic heterocycles. The quantitative estimate of drug-likeness (QED) is 0.547. The minimum absolute atomic E-state index is 0.0510. The molecule has 0 bridgehead atoms. The largest absolute Gasteiger partial charge is 0.345 e. The van der Waals surface area contributed by atoms with Gasteiger partial charge in [-0.25, -0.2) is 9.37 Å². The molecular weight excluding hydrogens is 371 g/mol. The summed E-state index contributed by atoms with van der Waals surface area (Å²) in [5.74, 6) is 1.25. The highest BCUT2D eigenvalue weighted by molar-refractivity contribution is 9.10.